The van der Waals surface area contributed by atoms with Crippen LogP contribution in [-0.2, 0) is 4.79 Å². The second-order valence-corrected chi connectivity index (χ2v) is 6.25. The van der Waals surface area contributed by atoms with Crippen LogP contribution in [0.15, 0.2) is 0 Å². The molecule has 3 heteroatoms. The summed E-state index contributed by atoms with van der Waals surface area (Å²) in [5.74, 6) is 3.23. The number of terminal acetylenes is 1. The van der Waals surface area contributed by atoms with Crippen molar-refractivity contribution in [1.82, 2.24) is 10.2 Å². The van der Waals surface area contributed by atoms with Crippen molar-refractivity contribution in [3.8, 4) is 12.3 Å². The summed E-state index contributed by atoms with van der Waals surface area (Å²) in [4.78, 5) is 13.9. The van der Waals surface area contributed by atoms with Crippen LogP contribution in [0.3, 0.4) is 0 Å². The van der Waals surface area contributed by atoms with Crippen LogP contribution >= 0.6 is 0 Å². The zero-order valence-electron chi connectivity index (χ0n) is 12.0. The largest absolute Gasteiger partial charge is 0.344 e. The minimum absolute atomic E-state index is 0.0437. The highest BCUT2D eigenvalue weighted by atomic mass is 16.2. The summed E-state index contributed by atoms with van der Waals surface area (Å²) in [5.41, 5.74) is 0.377. The van der Waals surface area contributed by atoms with Crippen molar-refractivity contribution in [3.05, 3.63) is 0 Å². The molecule has 1 saturated heterocycles. The van der Waals surface area contributed by atoms with Crippen LogP contribution in [0.4, 0.5) is 0 Å². The Labute approximate surface area is 111 Å². The molecule has 1 rings (SSSR count). The van der Waals surface area contributed by atoms with Crippen molar-refractivity contribution >= 4 is 5.91 Å². The Morgan fingerprint density at radius 3 is 2.72 bits per heavy atom. The molecule has 1 unspecified atom stereocenters. The predicted octanol–water partition coefficient (Wildman–Crippen LogP) is 1.88. The van der Waals surface area contributed by atoms with Crippen LogP contribution in [-0.4, -0.2) is 37.0 Å². The highest BCUT2D eigenvalue weighted by Gasteiger charge is 2.27. The molecule has 3 nitrogen and oxygen atoms in total. The SMILES string of the molecule is C#CCNC(=O)CN1CCCC(C(C)(C)C)CC1. The van der Waals surface area contributed by atoms with Crippen LogP contribution in [0.5, 0.6) is 0 Å². The first-order valence-electron chi connectivity index (χ1n) is 6.86. The molecule has 0 bridgehead atoms. The summed E-state index contributed by atoms with van der Waals surface area (Å²) >= 11 is 0. The van der Waals surface area contributed by atoms with Gasteiger partial charge in [-0.2, -0.15) is 0 Å². The van der Waals surface area contributed by atoms with E-state index in [4.69, 9.17) is 6.42 Å². The summed E-state index contributed by atoms with van der Waals surface area (Å²) in [6.07, 6.45) is 8.76. The Morgan fingerprint density at radius 1 is 1.39 bits per heavy atom. The van der Waals surface area contributed by atoms with Crippen molar-refractivity contribution in [3.63, 3.8) is 0 Å². The Balaban J connectivity index is 2.38. The van der Waals surface area contributed by atoms with Gasteiger partial charge in [0, 0.05) is 0 Å². The molecule has 0 aromatic carbocycles. The molecule has 1 aliphatic heterocycles. The van der Waals surface area contributed by atoms with Gasteiger partial charge in [0.05, 0.1) is 13.1 Å². The lowest BCUT2D eigenvalue weighted by molar-refractivity contribution is -0.122. The van der Waals surface area contributed by atoms with Crippen molar-refractivity contribution in [2.24, 2.45) is 11.3 Å². The molecule has 1 amide bonds. The fourth-order valence-corrected chi connectivity index (χ4v) is 2.59. The average molecular weight is 250 g/mol. The Morgan fingerprint density at radius 2 is 2.11 bits per heavy atom. The molecule has 1 N–H and O–H groups in total. The molecule has 1 aliphatic rings. The third-order valence-electron chi connectivity index (χ3n) is 3.80. The number of nitrogens with zero attached hydrogens (tertiary/aromatic N) is 1. The van der Waals surface area contributed by atoms with E-state index in [2.05, 4.69) is 36.9 Å². The fraction of sp³-hybridized carbons (Fsp3) is 0.800. The monoisotopic (exact) mass is 250 g/mol. The lowest BCUT2D eigenvalue weighted by Gasteiger charge is -2.29. The number of likely N-dealkylation sites (tertiary alicyclic amines) is 1. The maximum absolute atomic E-state index is 11.6. The molecule has 1 heterocycles. The minimum Gasteiger partial charge on any atom is -0.344 e. The Kier molecular flexibility index (Phi) is 5.68. The van der Waals surface area contributed by atoms with Crippen molar-refractivity contribution in [1.29, 1.82) is 0 Å². The fourth-order valence-electron chi connectivity index (χ4n) is 2.59. The molecule has 1 atom stereocenters. The predicted molar refractivity (Wildman–Crippen MR) is 75.1 cm³/mol. The van der Waals surface area contributed by atoms with Crippen LogP contribution < -0.4 is 5.32 Å². The normalized spacial score (nSPS) is 22.0. The maximum atomic E-state index is 11.6. The number of hydrogen-bond acceptors (Lipinski definition) is 2. The van der Waals surface area contributed by atoms with Gasteiger partial charge in [-0.3, -0.25) is 9.69 Å². The number of carbonyl (C=O) groups excluding carboxylic acids is 1. The first-order valence-corrected chi connectivity index (χ1v) is 6.86. The van der Waals surface area contributed by atoms with Gasteiger partial charge in [-0.15, -0.1) is 6.42 Å². The first kappa shape index (κ1) is 15.0. The summed E-state index contributed by atoms with van der Waals surface area (Å²) < 4.78 is 0. The van der Waals surface area contributed by atoms with E-state index in [9.17, 15) is 4.79 Å². The van der Waals surface area contributed by atoms with Crippen molar-refractivity contribution < 1.29 is 4.79 Å². The number of carbonyl (C=O) groups is 1. The summed E-state index contributed by atoms with van der Waals surface area (Å²) in [6, 6.07) is 0. The third kappa shape index (κ3) is 5.10. The molecule has 0 aromatic rings. The van der Waals surface area contributed by atoms with Gasteiger partial charge in [-0.1, -0.05) is 26.7 Å². The van der Waals surface area contributed by atoms with Gasteiger partial charge in [0.1, 0.15) is 0 Å². The van der Waals surface area contributed by atoms with E-state index in [1.165, 1.54) is 19.3 Å². The second kappa shape index (κ2) is 6.80. The third-order valence-corrected chi connectivity index (χ3v) is 3.80. The standard InChI is InChI=1S/C15H26N2O/c1-5-9-16-14(18)12-17-10-6-7-13(8-11-17)15(2,3)4/h1,13H,6-12H2,2-4H3,(H,16,18). The molecule has 0 saturated carbocycles. The summed E-state index contributed by atoms with van der Waals surface area (Å²) in [5, 5.41) is 2.72. The Bertz CT molecular complexity index is 311. The van der Waals surface area contributed by atoms with E-state index in [0.717, 1.165) is 19.0 Å². The van der Waals surface area contributed by atoms with Gasteiger partial charge in [0.15, 0.2) is 0 Å². The highest BCUT2D eigenvalue weighted by Crippen LogP contribution is 2.34. The minimum atomic E-state index is 0.0437. The maximum Gasteiger partial charge on any atom is 0.234 e. The lowest BCUT2D eigenvalue weighted by atomic mass is 9.77. The first-order chi connectivity index (χ1) is 8.43. The second-order valence-electron chi connectivity index (χ2n) is 6.25. The Hall–Kier alpha value is -1.01. The molecule has 0 aliphatic carbocycles. The molecular weight excluding hydrogens is 224 g/mol. The van der Waals surface area contributed by atoms with Crippen LogP contribution in [0, 0.1) is 23.7 Å². The van der Waals surface area contributed by atoms with Gasteiger partial charge < -0.3 is 5.32 Å². The molecule has 102 valence electrons. The van der Waals surface area contributed by atoms with Crippen molar-refractivity contribution in [2.75, 3.05) is 26.2 Å². The molecule has 1 fully saturated rings. The van der Waals surface area contributed by atoms with Crippen LogP contribution in [0.1, 0.15) is 40.0 Å². The van der Waals surface area contributed by atoms with E-state index in [1.807, 2.05) is 0 Å². The molecular formula is C15H26N2O. The highest BCUT2D eigenvalue weighted by molar-refractivity contribution is 5.78. The number of nitrogens with one attached hydrogen (secondary N) is 1. The average Bonchev–Trinajstić information content (AvgIpc) is 2.51. The number of amides is 1. The van der Waals surface area contributed by atoms with Gasteiger partial charge in [0.2, 0.25) is 5.91 Å². The van der Waals surface area contributed by atoms with Crippen LogP contribution in [0.25, 0.3) is 0 Å². The lowest BCUT2D eigenvalue weighted by Crippen LogP contribution is -2.38. The zero-order valence-corrected chi connectivity index (χ0v) is 12.0. The quantitative estimate of drug-likeness (QED) is 0.776. The number of hydrogen-bond donors (Lipinski definition) is 1. The van der Waals surface area contributed by atoms with E-state index in [0.29, 0.717) is 18.5 Å². The van der Waals surface area contributed by atoms with Gasteiger partial charge in [-0.25, -0.2) is 0 Å². The summed E-state index contributed by atoms with van der Waals surface area (Å²) in [6.45, 7) is 9.80. The van der Waals surface area contributed by atoms with Gasteiger partial charge >= 0.3 is 0 Å². The van der Waals surface area contributed by atoms with E-state index < -0.39 is 0 Å². The zero-order chi connectivity index (χ0) is 13.6. The van der Waals surface area contributed by atoms with E-state index in [-0.39, 0.29) is 5.91 Å². The topological polar surface area (TPSA) is 32.3 Å². The van der Waals surface area contributed by atoms with Gasteiger partial charge in [0.25, 0.3) is 0 Å². The van der Waals surface area contributed by atoms with Crippen LogP contribution in [0.2, 0.25) is 0 Å². The smallest absolute Gasteiger partial charge is 0.234 e. The molecule has 0 radical (unpaired) electrons. The van der Waals surface area contributed by atoms with E-state index >= 15 is 0 Å². The molecule has 0 spiro atoms. The molecule has 0 aromatic heterocycles. The number of rotatable bonds is 3. The van der Waals surface area contributed by atoms with Gasteiger partial charge in [-0.05, 0) is 43.7 Å². The summed E-state index contributed by atoms with van der Waals surface area (Å²) in [7, 11) is 0. The van der Waals surface area contributed by atoms with Crippen molar-refractivity contribution in [2.45, 2.75) is 40.0 Å². The molecule has 18 heavy (non-hydrogen) atoms. The van der Waals surface area contributed by atoms with E-state index in [1.54, 1.807) is 0 Å².